The normalized spacial score (nSPS) is 11.3. The quantitative estimate of drug-likeness (QED) is 0.803. The van der Waals surface area contributed by atoms with Crippen LogP contribution in [-0.2, 0) is 13.0 Å². The Hall–Kier alpha value is -1.30. The maximum atomic E-state index is 6.04. The van der Waals surface area contributed by atoms with Gasteiger partial charge in [-0.05, 0) is 12.1 Å². The van der Waals surface area contributed by atoms with Gasteiger partial charge in [0.05, 0.1) is 32.3 Å². The van der Waals surface area contributed by atoms with Crippen LogP contribution >= 0.6 is 34.5 Å². The van der Waals surface area contributed by atoms with E-state index in [9.17, 15) is 0 Å². The van der Waals surface area contributed by atoms with E-state index in [1.807, 2.05) is 15.5 Å². The number of imidazole rings is 1. The van der Waals surface area contributed by atoms with Gasteiger partial charge in [-0.2, -0.15) is 0 Å². The van der Waals surface area contributed by atoms with Gasteiger partial charge in [0.1, 0.15) is 0 Å². The van der Waals surface area contributed by atoms with Crippen LogP contribution in [0.25, 0.3) is 11.0 Å². The molecule has 98 valence electrons. The minimum absolute atomic E-state index is 0.462. The molecule has 0 fully saturated rings. The molecule has 0 bridgehead atoms. The Balaban J connectivity index is 1.98. The summed E-state index contributed by atoms with van der Waals surface area (Å²) in [7, 11) is 0. The highest BCUT2D eigenvalue weighted by atomic mass is 35.5. The summed E-state index contributed by atoms with van der Waals surface area (Å²) < 4.78 is 1.93. The first kappa shape index (κ1) is 12.7. The van der Waals surface area contributed by atoms with E-state index in [1.54, 1.807) is 23.5 Å². The molecule has 3 rings (SSSR count). The number of thiazole rings is 1. The molecule has 0 unspecified atom stereocenters. The van der Waals surface area contributed by atoms with Gasteiger partial charge in [-0.1, -0.05) is 23.2 Å². The maximum Gasteiger partial charge on any atom is 0.201 e. The molecule has 0 saturated heterocycles. The number of hydrogen-bond donors (Lipinski definition) is 1. The van der Waals surface area contributed by atoms with Crippen molar-refractivity contribution in [2.24, 2.45) is 0 Å². The first-order valence-corrected chi connectivity index (χ1v) is 7.33. The van der Waals surface area contributed by atoms with Crippen molar-refractivity contribution in [2.45, 2.75) is 13.0 Å². The molecule has 2 heterocycles. The van der Waals surface area contributed by atoms with Gasteiger partial charge in [0.2, 0.25) is 5.95 Å². The topological polar surface area (TPSA) is 56.7 Å². The van der Waals surface area contributed by atoms with Gasteiger partial charge in [-0.15, -0.1) is 11.3 Å². The fourth-order valence-electron chi connectivity index (χ4n) is 1.96. The molecule has 0 atom stereocenters. The van der Waals surface area contributed by atoms with Crippen LogP contribution in [0.15, 0.2) is 23.0 Å². The third kappa shape index (κ3) is 2.41. The van der Waals surface area contributed by atoms with Gasteiger partial charge >= 0.3 is 0 Å². The lowest BCUT2D eigenvalue weighted by Gasteiger charge is -2.05. The second-order valence-corrected chi connectivity index (χ2v) is 5.64. The monoisotopic (exact) mass is 312 g/mol. The number of halogens is 2. The minimum atomic E-state index is 0.462. The Morgan fingerprint density at radius 2 is 2.05 bits per heavy atom. The first-order valence-electron chi connectivity index (χ1n) is 5.63. The van der Waals surface area contributed by atoms with Crippen LogP contribution in [0.5, 0.6) is 0 Å². The summed E-state index contributed by atoms with van der Waals surface area (Å²) in [6, 6.07) is 3.53. The van der Waals surface area contributed by atoms with Crippen LogP contribution in [0.4, 0.5) is 5.95 Å². The molecule has 2 aromatic heterocycles. The predicted molar refractivity (Wildman–Crippen MR) is 80.0 cm³/mol. The van der Waals surface area contributed by atoms with Gasteiger partial charge < -0.3 is 10.3 Å². The summed E-state index contributed by atoms with van der Waals surface area (Å²) in [4.78, 5) is 8.55. The Kier molecular flexibility index (Phi) is 3.35. The van der Waals surface area contributed by atoms with E-state index in [-0.39, 0.29) is 0 Å². The van der Waals surface area contributed by atoms with Crippen molar-refractivity contribution in [1.29, 1.82) is 0 Å². The number of benzene rings is 1. The van der Waals surface area contributed by atoms with Gasteiger partial charge in [0.15, 0.2) is 0 Å². The van der Waals surface area contributed by atoms with E-state index < -0.39 is 0 Å². The van der Waals surface area contributed by atoms with Crippen molar-refractivity contribution in [1.82, 2.24) is 14.5 Å². The maximum absolute atomic E-state index is 6.04. The molecule has 0 aliphatic carbocycles. The average Bonchev–Trinajstić information content (AvgIpc) is 2.96. The predicted octanol–water partition coefficient (Wildman–Crippen LogP) is 3.62. The molecule has 0 aliphatic heterocycles. The molecule has 0 aliphatic rings. The highest BCUT2D eigenvalue weighted by Crippen LogP contribution is 2.29. The summed E-state index contributed by atoms with van der Waals surface area (Å²) in [5.74, 6) is 0.462. The Bertz CT molecular complexity index is 721. The van der Waals surface area contributed by atoms with Crippen LogP contribution in [0, 0.1) is 0 Å². The summed E-state index contributed by atoms with van der Waals surface area (Å²) in [5, 5.41) is 3.02. The number of rotatable bonds is 3. The zero-order valence-electron chi connectivity index (χ0n) is 9.81. The number of hydrogen-bond acceptors (Lipinski definition) is 4. The van der Waals surface area contributed by atoms with Crippen LogP contribution in [0.2, 0.25) is 10.0 Å². The lowest BCUT2D eigenvalue weighted by atomic mass is 10.3. The molecule has 2 N–H and O–H groups in total. The molecule has 0 spiro atoms. The summed E-state index contributed by atoms with van der Waals surface area (Å²) >= 11 is 13.6. The minimum Gasteiger partial charge on any atom is -0.369 e. The largest absolute Gasteiger partial charge is 0.369 e. The van der Waals surface area contributed by atoms with Crippen molar-refractivity contribution in [3.8, 4) is 0 Å². The number of nitrogens with zero attached hydrogens (tertiary/aromatic N) is 3. The summed E-state index contributed by atoms with van der Waals surface area (Å²) in [5.41, 5.74) is 10.5. The Labute approximate surface area is 123 Å². The van der Waals surface area contributed by atoms with Crippen molar-refractivity contribution in [2.75, 3.05) is 5.73 Å². The number of anilines is 1. The smallest absolute Gasteiger partial charge is 0.201 e. The molecular formula is C12H10Cl2N4S. The van der Waals surface area contributed by atoms with Gasteiger partial charge in [0.25, 0.3) is 0 Å². The van der Waals surface area contributed by atoms with Crippen LogP contribution < -0.4 is 5.73 Å². The number of fused-ring (bicyclic) bond motifs is 1. The third-order valence-electron chi connectivity index (χ3n) is 2.89. The molecule has 7 heteroatoms. The van der Waals surface area contributed by atoms with Crippen molar-refractivity contribution < 1.29 is 0 Å². The van der Waals surface area contributed by atoms with Crippen LogP contribution in [0.1, 0.15) is 5.69 Å². The Morgan fingerprint density at radius 3 is 2.79 bits per heavy atom. The fourth-order valence-corrected chi connectivity index (χ4v) is 2.87. The third-order valence-corrected chi connectivity index (χ3v) is 4.25. The van der Waals surface area contributed by atoms with E-state index in [0.29, 0.717) is 22.5 Å². The van der Waals surface area contributed by atoms with E-state index in [0.717, 1.165) is 23.1 Å². The van der Waals surface area contributed by atoms with E-state index >= 15 is 0 Å². The molecule has 19 heavy (non-hydrogen) atoms. The standard InChI is InChI=1S/C12H10Cl2N4S/c13-8-3-10-11(4-9(8)14)18(12(15)17-10)2-1-7-5-19-6-16-7/h3-6H,1-2H2,(H2,15,17). The van der Waals surface area contributed by atoms with Gasteiger partial charge in [-0.3, -0.25) is 0 Å². The number of nitrogens with two attached hydrogens (primary N) is 1. The lowest BCUT2D eigenvalue weighted by molar-refractivity contribution is 0.716. The molecule has 0 amide bonds. The van der Waals surface area contributed by atoms with Crippen molar-refractivity contribution >= 4 is 51.5 Å². The molecule has 0 saturated carbocycles. The fraction of sp³-hybridized carbons (Fsp3) is 0.167. The SMILES string of the molecule is Nc1nc2cc(Cl)c(Cl)cc2n1CCc1cscn1. The molecule has 1 aromatic carbocycles. The molecule has 4 nitrogen and oxygen atoms in total. The zero-order valence-corrected chi connectivity index (χ0v) is 12.1. The Morgan fingerprint density at radius 1 is 1.26 bits per heavy atom. The molecule has 3 aromatic rings. The highest BCUT2D eigenvalue weighted by Gasteiger charge is 2.11. The van der Waals surface area contributed by atoms with Crippen LogP contribution in [0.3, 0.4) is 0 Å². The van der Waals surface area contributed by atoms with Gasteiger partial charge in [0, 0.05) is 18.3 Å². The summed E-state index contributed by atoms with van der Waals surface area (Å²) in [6.07, 6.45) is 0.805. The van der Waals surface area contributed by atoms with Crippen LogP contribution in [-0.4, -0.2) is 14.5 Å². The second kappa shape index (κ2) is 5.00. The van der Waals surface area contributed by atoms with Gasteiger partial charge in [-0.25, -0.2) is 9.97 Å². The number of nitrogen functional groups attached to an aromatic ring is 1. The van der Waals surface area contributed by atoms with E-state index in [1.165, 1.54) is 0 Å². The lowest BCUT2D eigenvalue weighted by Crippen LogP contribution is -2.05. The van der Waals surface area contributed by atoms with E-state index in [2.05, 4.69) is 9.97 Å². The molecule has 0 radical (unpaired) electrons. The number of aryl methyl sites for hydroxylation is 2. The number of aromatic nitrogens is 3. The highest BCUT2D eigenvalue weighted by molar-refractivity contribution is 7.07. The summed E-state index contributed by atoms with van der Waals surface area (Å²) in [6.45, 7) is 0.712. The zero-order chi connectivity index (χ0) is 13.4. The molecular weight excluding hydrogens is 303 g/mol. The van der Waals surface area contributed by atoms with E-state index in [4.69, 9.17) is 28.9 Å². The first-order chi connectivity index (χ1) is 9.15. The van der Waals surface area contributed by atoms with Crippen molar-refractivity contribution in [3.63, 3.8) is 0 Å². The second-order valence-electron chi connectivity index (χ2n) is 4.11. The van der Waals surface area contributed by atoms with Crippen molar-refractivity contribution in [3.05, 3.63) is 38.8 Å². The average molecular weight is 313 g/mol.